The first-order valence-electron chi connectivity index (χ1n) is 4.19. The van der Waals surface area contributed by atoms with Crippen molar-refractivity contribution in [3.8, 4) is 0 Å². The van der Waals surface area contributed by atoms with Gasteiger partial charge in [-0.05, 0) is 41.4 Å². The normalized spacial score (nSPS) is 9.93. The van der Waals surface area contributed by atoms with Crippen LogP contribution in [-0.4, -0.2) is 12.5 Å². The average molecular weight is 274 g/mol. The third-order valence-corrected chi connectivity index (χ3v) is 3.77. The monoisotopic (exact) mass is 273 g/mol. The molecule has 0 unspecified atom stereocenters. The van der Waals surface area contributed by atoms with Crippen molar-refractivity contribution in [1.29, 1.82) is 0 Å². The molecule has 0 spiro atoms. The van der Waals surface area contributed by atoms with E-state index in [-0.39, 0.29) is 5.91 Å². The summed E-state index contributed by atoms with van der Waals surface area (Å²) < 4.78 is 1.01. The molecule has 0 bridgehead atoms. The van der Waals surface area contributed by atoms with Gasteiger partial charge in [0.15, 0.2) is 0 Å². The van der Waals surface area contributed by atoms with Gasteiger partial charge in [-0.2, -0.15) is 0 Å². The molecule has 1 heterocycles. The van der Waals surface area contributed by atoms with Crippen LogP contribution in [0, 0.1) is 6.92 Å². The molecule has 0 fully saturated rings. The van der Waals surface area contributed by atoms with Crippen molar-refractivity contribution in [2.75, 3.05) is 6.54 Å². The van der Waals surface area contributed by atoms with Crippen LogP contribution in [0.4, 0.5) is 0 Å². The topological polar surface area (TPSA) is 29.1 Å². The van der Waals surface area contributed by atoms with Crippen LogP contribution in [0.3, 0.4) is 0 Å². The summed E-state index contributed by atoms with van der Waals surface area (Å²) in [6.45, 7) is 8.11. The van der Waals surface area contributed by atoms with Gasteiger partial charge in [0.05, 0.1) is 8.66 Å². The molecular weight excluding hydrogens is 262 g/mol. The summed E-state index contributed by atoms with van der Waals surface area (Å²) in [5.74, 6) is -0.0354. The largest absolute Gasteiger partial charge is 0.348 e. The van der Waals surface area contributed by atoms with Gasteiger partial charge in [-0.25, -0.2) is 0 Å². The van der Waals surface area contributed by atoms with E-state index < -0.39 is 0 Å². The molecule has 4 heteroatoms. The predicted octanol–water partition coefficient (Wildman–Crippen LogP) is 3.12. The van der Waals surface area contributed by atoms with E-state index in [2.05, 4.69) is 27.8 Å². The molecule has 1 N–H and O–H groups in total. The second kappa shape index (κ2) is 4.75. The lowest BCUT2D eigenvalue weighted by molar-refractivity contribution is 0.0961. The Labute approximate surface area is 96.2 Å². The lowest BCUT2D eigenvalue weighted by atomic mass is 10.3. The molecule has 0 saturated carbocycles. The van der Waals surface area contributed by atoms with Crippen LogP contribution < -0.4 is 5.32 Å². The van der Waals surface area contributed by atoms with Crippen molar-refractivity contribution in [2.45, 2.75) is 13.8 Å². The number of halogens is 1. The van der Waals surface area contributed by atoms with Crippen molar-refractivity contribution in [3.05, 3.63) is 32.4 Å². The first-order valence-corrected chi connectivity index (χ1v) is 5.80. The molecule has 0 aliphatic rings. The van der Waals surface area contributed by atoms with Gasteiger partial charge >= 0.3 is 0 Å². The van der Waals surface area contributed by atoms with Gasteiger partial charge in [-0.1, -0.05) is 12.2 Å². The Bertz CT molecular complexity index is 351. The molecule has 1 amide bonds. The Morgan fingerprint density at radius 2 is 2.36 bits per heavy atom. The van der Waals surface area contributed by atoms with Gasteiger partial charge in [0.25, 0.3) is 5.91 Å². The minimum Gasteiger partial charge on any atom is -0.348 e. The molecule has 1 aromatic heterocycles. The van der Waals surface area contributed by atoms with Crippen LogP contribution in [-0.2, 0) is 0 Å². The number of carbonyl (C=O) groups is 1. The number of thiophene rings is 1. The predicted molar refractivity (Wildman–Crippen MR) is 63.9 cm³/mol. The van der Waals surface area contributed by atoms with Crippen LogP contribution in [0.25, 0.3) is 0 Å². The maximum Gasteiger partial charge on any atom is 0.261 e. The highest BCUT2D eigenvalue weighted by Gasteiger charge is 2.10. The van der Waals surface area contributed by atoms with E-state index in [0.717, 1.165) is 19.8 Å². The number of amides is 1. The minimum absolute atomic E-state index is 0.0354. The summed E-state index contributed by atoms with van der Waals surface area (Å²) in [6.07, 6.45) is 0. The standard InChI is InChI=1S/C10H12BrNOS/c1-6(2)5-12-10(13)8-4-7(3)9(11)14-8/h4H,1,5H2,2-3H3,(H,12,13). The molecule has 0 atom stereocenters. The third-order valence-electron chi connectivity index (χ3n) is 1.63. The van der Waals surface area contributed by atoms with Gasteiger partial charge in [-0.3, -0.25) is 4.79 Å². The van der Waals surface area contributed by atoms with E-state index in [0.29, 0.717) is 6.54 Å². The molecule has 0 aliphatic heterocycles. The van der Waals surface area contributed by atoms with Crippen molar-refractivity contribution >= 4 is 33.2 Å². The van der Waals surface area contributed by atoms with E-state index >= 15 is 0 Å². The van der Waals surface area contributed by atoms with Crippen molar-refractivity contribution < 1.29 is 4.79 Å². The number of hydrogen-bond acceptors (Lipinski definition) is 2. The summed E-state index contributed by atoms with van der Waals surface area (Å²) in [4.78, 5) is 12.3. The summed E-state index contributed by atoms with van der Waals surface area (Å²) in [5, 5.41) is 2.79. The Kier molecular flexibility index (Phi) is 3.89. The molecule has 0 radical (unpaired) electrons. The summed E-state index contributed by atoms with van der Waals surface area (Å²) >= 11 is 4.83. The fourth-order valence-electron chi connectivity index (χ4n) is 0.890. The Hall–Kier alpha value is -0.610. The third kappa shape index (κ3) is 2.96. The average Bonchev–Trinajstić information content (AvgIpc) is 2.43. The molecular formula is C10H12BrNOS. The number of rotatable bonds is 3. The van der Waals surface area contributed by atoms with E-state index in [1.54, 1.807) is 0 Å². The number of hydrogen-bond donors (Lipinski definition) is 1. The smallest absolute Gasteiger partial charge is 0.261 e. The fourth-order valence-corrected chi connectivity index (χ4v) is 2.34. The summed E-state index contributed by atoms with van der Waals surface area (Å²) in [5.41, 5.74) is 2.04. The van der Waals surface area contributed by atoms with Gasteiger partial charge in [-0.15, -0.1) is 11.3 Å². The summed E-state index contributed by atoms with van der Waals surface area (Å²) in [7, 11) is 0. The highest BCUT2D eigenvalue weighted by atomic mass is 79.9. The van der Waals surface area contributed by atoms with E-state index in [1.165, 1.54) is 11.3 Å². The van der Waals surface area contributed by atoms with Crippen molar-refractivity contribution in [2.24, 2.45) is 0 Å². The number of carbonyl (C=O) groups excluding carboxylic acids is 1. The summed E-state index contributed by atoms with van der Waals surface area (Å²) in [6, 6.07) is 1.88. The molecule has 0 saturated heterocycles. The van der Waals surface area contributed by atoms with Gasteiger partial charge in [0.2, 0.25) is 0 Å². The van der Waals surface area contributed by atoms with Gasteiger partial charge < -0.3 is 5.32 Å². The SMILES string of the molecule is C=C(C)CNC(=O)c1cc(C)c(Br)s1. The molecule has 0 aliphatic carbocycles. The zero-order chi connectivity index (χ0) is 10.7. The second-order valence-corrected chi connectivity index (χ2v) is 5.58. The lowest BCUT2D eigenvalue weighted by Crippen LogP contribution is -2.23. The fraction of sp³-hybridized carbons (Fsp3) is 0.300. The molecule has 2 nitrogen and oxygen atoms in total. The van der Waals surface area contributed by atoms with Crippen LogP contribution in [0.15, 0.2) is 22.0 Å². The maximum atomic E-state index is 11.6. The first kappa shape index (κ1) is 11.5. The Morgan fingerprint density at radius 3 is 2.79 bits per heavy atom. The Balaban J connectivity index is 2.65. The molecule has 1 rings (SSSR count). The highest BCUT2D eigenvalue weighted by molar-refractivity contribution is 9.11. The zero-order valence-corrected chi connectivity index (χ0v) is 10.6. The highest BCUT2D eigenvalue weighted by Crippen LogP contribution is 2.27. The maximum absolute atomic E-state index is 11.6. The van der Waals surface area contributed by atoms with Gasteiger partial charge in [0.1, 0.15) is 0 Å². The molecule has 14 heavy (non-hydrogen) atoms. The minimum atomic E-state index is -0.0354. The number of nitrogens with one attached hydrogen (secondary N) is 1. The first-order chi connectivity index (χ1) is 6.50. The molecule has 0 aromatic carbocycles. The van der Waals surface area contributed by atoms with Crippen molar-refractivity contribution in [1.82, 2.24) is 5.32 Å². The van der Waals surface area contributed by atoms with Crippen LogP contribution in [0.1, 0.15) is 22.2 Å². The molecule has 1 aromatic rings. The van der Waals surface area contributed by atoms with E-state index in [1.807, 2.05) is 19.9 Å². The second-order valence-electron chi connectivity index (χ2n) is 3.21. The molecule has 76 valence electrons. The quantitative estimate of drug-likeness (QED) is 0.843. The lowest BCUT2D eigenvalue weighted by Gasteiger charge is -2.01. The van der Waals surface area contributed by atoms with Crippen LogP contribution in [0.2, 0.25) is 0 Å². The van der Waals surface area contributed by atoms with E-state index in [4.69, 9.17) is 0 Å². The zero-order valence-electron chi connectivity index (χ0n) is 8.19. The van der Waals surface area contributed by atoms with E-state index in [9.17, 15) is 4.79 Å². The number of aryl methyl sites for hydroxylation is 1. The van der Waals surface area contributed by atoms with Gasteiger partial charge in [0, 0.05) is 6.54 Å². The Morgan fingerprint density at radius 1 is 1.71 bits per heavy atom. The van der Waals surface area contributed by atoms with Crippen LogP contribution in [0.5, 0.6) is 0 Å². The van der Waals surface area contributed by atoms with Crippen LogP contribution >= 0.6 is 27.3 Å². The van der Waals surface area contributed by atoms with Crippen molar-refractivity contribution in [3.63, 3.8) is 0 Å².